The van der Waals surface area contributed by atoms with Crippen LogP contribution in [0.1, 0.15) is 29.5 Å². The fourth-order valence-corrected chi connectivity index (χ4v) is 1.36. The lowest BCUT2D eigenvalue weighted by Crippen LogP contribution is -2.31. The molecule has 0 amide bonds. The molecule has 0 fully saturated rings. The Kier molecular flexibility index (Phi) is 5.01. The number of carbonyl (C=O) groups excluding carboxylic acids is 1. The first-order valence-electron chi connectivity index (χ1n) is 5.31. The lowest BCUT2D eigenvalue weighted by atomic mass is 10.2. The first kappa shape index (κ1) is 12.7. The van der Waals surface area contributed by atoms with Crippen LogP contribution in [0.25, 0.3) is 0 Å². The molecule has 5 heteroatoms. The predicted octanol–water partition coefficient (Wildman–Crippen LogP) is 0.662. The number of aromatic nitrogens is 1. The molecule has 5 nitrogen and oxygen atoms in total. The Labute approximate surface area is 94.8 Å². The maximum absolute atomic E-state index is 11.2. The highest BCUT2D eigenvalue weighted by Crippen LogP contribution is 2.03. The van der Waals surface area contributed by atoms with Gasteiger partial charge in [-0.05, 0) is 18.6 Å². The van der Waals surface area contributed by atoms with Gasteiger partial charge in [-0.15, -0.1) is 0 Å². The lowest BCUT2D eigenvalue weighted by molar-refractivity contribution is 0.0594. The highest BCUT2D eigenvalue weighted by Gasteiger charge is 2.09. The lowest BCUT2D eigenvalue weighted by Gasteiger charge is -2.12. The van der Waals surface area contributed by atoms with Crippen molar-refractivity contribution in [2.24, 2.45) is 0 Å². The zero-order valence-electron chi connectivity index (χ0n) is 9.62. The van der Waals surface area contributed by atoms with Gasteiger partial charge in [0.15, 0.2) is 0 Å². The second-order valence-electron chi connectivity index (χ2n) is 3.56. The van der Waals surface area contributed by atoms with E-state index in [4.69, 9.17) is 5.11 Å². The standard InChI is InChI=1S/C11H18N2O3/c1-3-8(7-14)12-6-9-4-5-10(13-9)11(15)16-2/h4-5,8,12-14H,3,6-7H2,1-2H3/t8-/m0/s1. The van der Waals surface area contributed by atoms with E-state index in [0.29, 0.717) is 12.2 Å². The van der Waals surface area contributed by atoms with Gasteiger partial charge < -0.3 is 20.1 Å². The number of hydrogen-bond donors (Lipinski definition) is 3. The second-order valence-corrected chi connectivity index (χ2v) is 3.56. The molecule has 0 aromatic carbocycles. The highest BCUT2D eigenvalue weighted by molar-refractivity contribution is 5.87. The van der Waals surface area contributed by atoms with Gasteiger partial charge in [-0.2, -0.15) is 0 Å². The number of methoxy groups -OCH3 is 1. The first-order valence-corrected chi connectivity index (χ1v) is 5.31. The van der Waals surface area contributed by atoms with E-state index >= 15 is 0 Å². The number of hydrogen-bond acceptors (Lipinski definition) is 4. The summed E-state index contributed by atoms with van der Waals surface area (Å²) >= 11 is 0. The van der Waals surface area contributed by atoms with Gasteiger partial charge in [-0.3, -0.25) is 0 Å². The number of aliphatic hydroxyl groups is 1. The van der Waals surface area contributed by atoms with Gasteiger partial charge in [0.05, 0.1) is 13.7 Å². The summed E-state index contributed by atoms with van der Waals surface area (Å²) in [6, 6.07) is 3.59. The van der Waals surface area contributed by atoms with Gasteiger partial charge in [-0.25, -0.2) is 4.79 Å². The van der Waals surface area contributed by atoms with Crippen molar-refractivity contribution in [2.45, 2.75) is 25.9 Å². The summed E-state index contributed by atoms with van der Waals surface area (Å²) in [7, 11) is 1.35. The topological polar surface area (TPSA) is 74.3 Å². The van der Waals surface area contributed by atoms with E-state index in [1.807, 2.05) is 13.0 Å². The Bertz CT molecular complexity index is 332. The molecular formula is C11H18N2O3. The SMILES string of the molecule is CC[C@@H](CO)NCc1ccc(C(=O)OC)[nH]1. The average Bonchev–Trinajstić information content (AvgIpc) is 2.78. The summed E-state index contributed by atoms with van der Waals surface area (Å²) in [6.07, 6.45) is 0.862. The van der Waals surface area contributed by atoms with Crippen LogP contribution in [-0.2, 0) is 11.3 Å². The molecule has 1 aromatic heterocycles. The highest BCUT2D eigenvalue weighted by atomic mass is 16.5. The summed E-state index contributed by atoms with van der Waals surface area (Å²) in [6.45, 7) is 2.71. The van der Waals surface area contributed by atoms with Crippen molar-refractivity contribution in [1.82, 2.24) is 10.3 Å². The minimum Gasteiger partial charge on any atom is -0.464 e. The van der Waals surface area contributed by atoms with Crippen LogP contribution in [0.2, 0.25) is 0 Å². The molecule has 0 aliphatic heterocycles. The number of aliphatic hydroxyl groups excluding tert-OH is 1. The van der Waals surface area contributed by atoms with Crippen molar-refractivity contribution in [3.8, 4) is 0 Å². The Morgan fingerprint density at radius 3 is 2.94 bits per heavy atom. The Morgan fingerprint density at radius 2 is 2.38 bits per heavy atom. The third-order valence-corrected chi connectivity index (χ3v) is 2.45. The smallest absolute Gasteiger partial charge is 0.354 e. The molecule has 0 aliphatic carbocycles. The van der Waals surface area contributed by atoms with Crippen molar-refractivity contribution < 1.29 is 14.6 Å². The summed E-state index contributed by atoms with van der Waals surface area (Å²) < 4.78 is 4.59. The molecule has 1 aromatic rings. The molecule has 0 aliphatic rings. The molecule has 0 unspecified atom stereocenters. The van der Waals surface area contributed by atoms with Crippen molar-refractivity contribution in [3.05, 3.63) is 23.5 Å². The van der Waals surface area contributed by atoms with Crippen molar-refractivity contribution in [1.29, 1.82) is 0 Å². The van der Waals surface area contributed by atoms with E-state index < -0.39 is 0 Å². The molecule has 16 heavy (non-hydrogen) atoms. The van der Waals surface area contributed by atoms with E-state index in [-0.39, 0.29) is 18.6 Å². The fraction of sp³-hybridized carbons (Fsp3) is 0.545. The van der Waals surface area contributed by atoms with Crippen LogP contribution in [0, 0.1) is 0 Å². The van der Waals surface area contributed by atoms with Crippen molar-refractivity contribution >= 4 is 5.97 Å². The summed E-state index contributed by atoms with van der Waals surface area (Å²) in [5.41, 5.74) is 1.34. The fourth-order valence-electron chi connectivity index (χ4n) is 1.36. The molecule has 3 N–H and O–H groups in total. The molecule has 1 rings (SSSR count). The number of carbonyl (C=O) groups is 1. The van der Waals surface area contributed by atoms with Crippen LogP contribution >= 0.6 is 0 Å². The van der Waals surface area contributed by atoms with Crippen LogP contribution in [0.15, 0.2) is 12.1 Å². The Balaban J connectivity index is 2.49. The number of esters is 1. The number of aromatic amines is 1. The van der Waals surface area contributed by atoms with Crippen LogP contribution in [0.3, 0.4) is 0 Å². The normalized spacial score (nSPS) is 12.4. The van der Waals surface area contributed by atoms with Crippen molar-refractivity contribution in [2.75, 3.05) is 13.7 Å². The number of H-pyrrole nitrogens is 1. The number of rotatable bonds is 6. The van der Waals surface area contributed by atoms with Crippen LogP contribution in [-0.4, -0.2) is 35.8 Å². The summed E-state index contributed by atoms with van der Waals surface area (Å²) in [5, 5.41) is 12.2. The third kappa shape index (κ3) is 3.36. The summed E-state index contributed by atoms with van der Waals surface area (Å²) in [5.74, 6) is -0.375. The third-order valence-electron chi connectivity index (χ3n) is 2.45. The second kappa shape index (κ2) is 6.30. The van der Waals surface area contributed by atoms with E-state index in [1.54, 1.807) is 6.07 Å². The maximum atomic E-state index is 11.2. The van der Waals surface area contributed by atoms with Gasteiger partial charge in [0.2, 0.25) is 0 Å². The largest absolute Gasteiger partial charge is 0.464 e. The minimum absolute atomic E-state index is 0.0878. The Hall–Kier alpha value is -1.33. The van der Waals surface area contributed by atoms with Gasteiger partial charge >= 0.3 is 5.97 Å². The van der Waals surface area contributed by atoms with Crippen molar-refractivity contribution in [3.63, 3.8) is 0 Å². The zero-order chi connectivity index (χ0) is 12.0. The molecule has 0 spiro atoms. The van der Waals surface area contributed by atoms with Crippen LogP contribution in [0.5, 0.6) is 0 Å². The van der Waals surface area contributed by atoms with Gasteiger partial charge in [0, 0.05) is 18.3 Å². The van der Waals surface area contributed by atoms with Gasteiger partial charge in [0.1, 0.15) is 5.69 Å². The van der Waals surface area contributed by atoms with E-state index in [0.717, 1.165) is 12.1 Å². The monoisotopic (exact) mass is 226 g/mol. The molecule has 0 bridgehead atoms. The maximum Gasteiger partial charge on any atom is 0.354 e. The Morgan fingerprint density at radius 1 is 1.62 bits per heavy atom. The number of ether oxygens (including phenoxy) is 1. The minimum atomic E-state index is -0.375. The molecule has 0 radical (unpaired) electrons. The van der Waals surface area contributed by atoms with E-state index in [1.165, 1.54) is 7.11 Å². The molecule has 1 heterocycles. The predicted molar refractivity (Wildman–Crippen MR) is 60.1 cm³/mol. The molecular weight excluding hydrogens is 208 g/mol. The molecule has 0 saturated heterocycles. The number of nitrogens with one attached hydrogen (secondary N) is 2. The van der Waals surface area contributed by atoms with E-state index in [2.05, 4.69) is 15.0 Å². The van der Waals surface area contributed by atoms with Crippen LogP contribution < -0.4 is 5.32 Å². The van der Waals surface area contributed by atoms with E-state index in [9.17, 15) is 4.79 Å². The summed E-state index contributed by atoms with van der Waals surface area (Å²) in [4.78, 5) is 14.1. The quantitative estimate of drug-likeness (QED) is 0.623. The zero-order valence-corrected chi connectivity index (χ0v) is 9.62. The molecule has 1 atom stereocenters. The van der Waals surface area contributed by atoms with Gasteiger partial charge in [-0.1, -0.05) is 6.92 Å². The molecule has 90 valence electrons. The van der Waals surface area contributed by atoms with Crippen LogP contribution in [0.4, 0.5) is 0 Å². The van der Waals surface area contributed by atoms with Gasteiger partial charge in [0.25, 0.3) is 0 Å². The average molecular weight is 226 g/mol. The molecule has 0 saturated carbocycles. The first-order chi connectivity index (χ1) is 7.71.